The highest BCUT2D eigenvalue weighted by Crippen LogP contribution is 2.22. The summed E-state index contributed by atoms with van der Waals surface area (Å²) >= 11 is 0. The number of oxazole rings is 1. The van der Waals surface area contributed by atoms with Crippen LogP contribution in [0.2, 0.25) is 0 Å². The molecule has 29 heavy (non-hydrogen) atoms. The fourth-order valence-electron chi connectivity index (χ4n) is 3.03. The number of aromatic nitrogens is 3. The van der Waals surface area contributed by atoms with E-state index >= 15 is 0 Å². The fraction of sp³-hybridized carbons (Fsp3) is 0.130. The van der Waals surface area contributed by atoms with Crippen LogP contribution >= 0.6 is 0 Å². The van der Waals surface area contributed by atoms with Crippen LogP contribution in [0, 0.1) is 0 Å². The van der Waals surface area contributed by atoms with Crippen molar-refractivity contribution >= 4 is 11.5 Å². The molecule has 4 rings (SSSR count). The van der Waals surface area contributed by atoms with Gasteiger partial charge in [-0.1, -0.05) is 30.3 Å². The van der Waals surface area contributed by atoms with Gasteiger partial charge in [0.2, 0.25) is 0 Å². The molecule has 2 aromatic carbocycles. The Hall–Kier alpha value is -3.80. The standard InChI is InChI=1S/C23H20N4O2/c1-16(28)22(25-19-9-7-18(8-10-19)23-14-24-15-29-23)13-20-11-12-21(27-26-20)17-5-3-2-4-6-17/h2-12,14-15,22,25H,13H2,1H3. The second-order valence-corrected chi connectivity index (χ2v) is 6.73. The van der Waals surface area contributed by atoms with Gasteiger partial charge in [-0.15, -0.1) is 0 Å². The summed E-state index contributed by atoms with van der Waals surface area (Å²) in [7, 11) is 0. The van der Waals surface area contributed by atoms with Crippen LogP contribution in [0.4, 0.5) is 5.69 Å². The first-order valence-corrected chi connectivity index (χ1v) is 9.33. The summed E-state index contributed by atoms with van der Waals surface area (Å²) < 4.78 is 5.30. The van der Waals surface area contributed by atoms with E-state index < -0.39 is 0 Å². The van der Waals surface area contributed by atoms with Crippen LogP contribution in [0.5, 0.6) is 0 Å². The first kappa shape index (κ1) is 18.6. The SMILES string of the molecule is CC(=O)C(Cc1ccc(-c2ccccc2)nn1)Nc1ccc(-c2cnco2)cc1. The lowest BCUT2D eigenvalue weighted by Crippen LogP contribution is -2.30. The van der Waals surface area contributed by atoms with Crippen molar-refractivity contribution < 1.29 is 9.21 Å². The summed E-state index contributed by atoms with van der Waals surface area (Å²) in [6.07, 6.45) is 3.53. The first-order valence-electron chi connectivity index (χ1n) is 9.33. The van der Waals surface area contributed by atoms with E-state index in [0.717, 1.165) is 28.2 Å². The number of rotatable bonds is 7. The summed E-state index contributed by atoms with van der Waals surface area (Å²) in [5, 5.41) is 11.9. The van der Waals surface area contributed by atoms with E-state index in [1.165, 1.54) is 6.39 Å². The van der Waals surface area contributed by atoms with E-state index in [1.54, 1.807) is 13.1 Å². The molecule has 0 fully saturated rings. The van der Waals surface area contributed by atoms with Gasteiger partial charge in [0.1, 0.15) is 0 Å². The summed E-state index contributed by atoms with van der Waals surface area (Å²) in [6, 6.07) is 21.0. The van der Waals surface area contributed by atoms with Crippen LogP contribution in [-0.4, -0.2) is 27.0 Å². The number of nitrogens with zero attached hydrogens (tertiary/aromatic N) is 3. The maximum absolute atomic E-state index is 12.2. The largest absolute Gasteiger partial charge is 0.444 e. The molecule has 4 aromatic rings. The number of ketones is 1. The van der Waals surface area contributed by atoms with Crippen molar-refractivity contribution in [3.05, 3.63) is 85.0 Å². The van der Waals surface area contributed by atoms with Gasteiger partial charge in [0.25, 0.3) is 0 Å². The Morgan fingerprint density at radius 1 is 0.966 bits per heavy atom. The molecule has 0 saturated heterocycles. The number of carbonyl (C=O) groups is 1. The lowest BCUT2D eigenvalue weighted by Gasteiger charge is -2.17. The average Bonchev–Trinajstić information content (AvgIpc) is 3.30. The van der Waals surface area contributed by atoms with Crippen molar-refractivity contribution in [3.8, 4) is 22.6 Å². The summed E-state index contributed by atoms with van der Waals surface area (Å²) in [5.74, 6) is 0.742. The number of anilines is 1. The average molecular weight is 384 g/mol. The highest BCUT2D eigenvalue weighted by Gasteiger charge is 2.16. The maximum atomic E-state index is 12.2. The molecule has 0 spiro atoms. The van der Waals surface area contributed by atoms with Gasteiger partial charge in [0.05, 0.1) is 23.6 Å². The van der Waals surface area contributed by atoms with E-state index in [-0.39, 0.29) is 11.8 Å². The van der Waals surface area contributed by atoms with Crippen molar-refractivity contribution in [2.45, 2.75) is 19.4 Å². The van der Waals surface area contributed by atoms with Crippen LogP contribution in [-0.2, 0) is 11.2 Å². The molecule has 0 radical (unpaired) electrons. The van der Waals surface area contributed by atoms with Crippen molar-refractivity contribution in [2.24, 2.45) is 0 Å². The summed E-state index contributed by atoms with van der Waals surface area (Å²) in [5.41, 5.74) is 4.36. The fourth-order valence-corrected chi connectivity index (χ4v) is 3.03. The summed E-state index contributed by atoms with van der Waals surface area (Å²) in [6.45, 7) is 1.58. The third-order valence-electron chi connectivity index (χ3n) is 4.64. The van der Waals surface area contributed by atoms with Crippen LogP contribution in [0.25, 0.3) is 22.6 Å². The lowest BCUT2D eigenvalue weighted by molar-refractivity contribution is -0.117. The van der Waals surface area contributed by atoms with Gasteiger partial charge in [0, 0.05) is 23.2 Å². The minimum atomic E-state index is -0.386. The van der Waals surface area contributed by atoms with Crippen molar-refractivity contribution in [2.75, 3.05) is 5.32 Å². The van der Waals surface area contributed by atoms with E-state index in [0.29, 0.717) is 12.2 Å². The monoisotopic (exact) mass is 384 g/mol. The predicted molar refractivity (Wildman–Crippen MR) is 111 cm³/mol. The molecule has 2 aromatic heterocycles. The first-order chi connectivity index (χ1) is 14.2. The van der Waals surface area contributed by atoms with Crippen LogP contribution in [0.3, 0.4) is 0 Å². The van der Waals surface area contributed by atoms with E-state index in [2.05, 4.69) is 20.5 Å². The number of carbonyl (C=O) groups excluding carboxylic acids is 1. The molecule has 1 atom stereocenters. The van der Waals surface area contributed by atoms with Gasteiger partial charge in [-0.05, 0) is 43.3 Å². The van der Waals surface area contributed by atoms with Gasteiger partial charge in [-0.25, -0.2) is 4.98 Å². The minimum absolute atomic E-state index is 0.0400. The van der Waals surface area contributed by atoms with Crippen molar-refractivity contribution in [3.63, 3.8) is 0 Å². The number of benzene rings is 2. The molecular weight excluding hydrogens is 364 g/mol. The second-order valence-electron chi connectivity index (χ2n) is 6.73. The Balaban J connectivity index is 1.45. The van der Waals surface area contributed by atoms with Crippen LogP contribution in [0.15, 0.2) is 83.7 Å². The molecule has 2 heterocycles. The van der Waals surface area contributed by atoms with E-state index in [1.807, 2.05) is 66.7 Å². The Bertz CT molecular complexity index is 1060. The molecule has 1 N–H and O–H groups in total. The molecule has 6 heteroatoms. The molecule has 1 unspecified atom stereocenters. The van der Waals surface area contributed by atoms with Crippen LogP contribution in [0.1, 0.15) is 12.6 Å². The van der Waals surface area contributed by atoms with Gasteiger partial charge < -0.3 is 9.73 Å². The molecule has 0 aliphatic heterocycles. The molecule has 0 amide bonds. The number of hydrogen-bond acceptors (Lipinski definition) is 6. The summed E-state index contributed by atoms with van der Waals surface area (Å²) in [4.78, 5) is 16.1. The number of Topliss-reactive ketones (excluding diaryl/α,β-unsaturated/α-hetero) is 1. The molecular formula is C23H20N4O2. The highest BCUT2D eigenvalue weighted by molar-refractivity contribution is 5.84. The molecule has 0 saturated carbocycles. The van der Waals surface area contributed by atoms with Crippen molar-refractivity contribution in [1.82, 2.24) is 15.2 Å². The Labute approximate surface area is 168 Å². The third kappa shape index (κ3) is 4.55. The Morgan fingerprint density at radius 3 is 2.38 bits per heavy atom. The molecule has 144 valence electrons. The zero-order valence-corrected chi connectivity index (χ0v) is 15.9. The minimum Gasteiger partial charge on any atom is -0.444 e. The Kier molecular flexibility index (Phi) is 5.42. The zero-order valence-electron chi connectivity index (χ0n) is 15.9. The molecule has 0 aliphatic rings. The van der Waals surface area contributed by atoms with Gasteiger partial charge in [0.15, 0.2) is 17.9 Å². The second kappa shape index (κ2) is 8.48. The van der Waals surface area contributed by atoms with E-state index in [4.69, 9.17) is 4.42 Å². The number of nitrogens with one attached hydrogen (secondary N) is 1. The van der Waals surface area contributed by atoms with Gasteiger partial charge in [-0.2, -0.15) is 10.2 Å². The third-order valence-corrected chi connectivity index (χ3v) is 4.64. The van der Waals surface area contributed by atoms with Crippen LogP contribution < -0.4 is 5.32 Å². The smallest absolute Gasteiger partial charge is 0.181 e. The molecule has 0 bridgehead atoms. The van der Waals surface area contributed by atoms with E-state index in [9.17, 15) is 4.79 Å². The molecule has 6 nitrogen and oxygen atoms in total. The van der Waals surface area contributed by atoms with Gasteiger partial charge >= 0.3 is 0 Å². The van der Waals surface area contributed by atoms with Gasteiger partial charge in [-0.3, -0.25) is 4.79 Å². The highest BCUT2D eigenvalue weighted by atomic mass is 16.3. The quantitative estimate of drug-likeness (QED) is 0.508. The zero-order chi connectivity index (χ0) is 20.1. The van der Waals surface area contributed by atoms with Crippen molar-refractivity contribution in [1.29, 1.82) is 0 Å². The normalized spacial score (nSPS) is 11.8. The predicted octanol–water partition coefficient (Wildman–Crippen LogP) is 4.41. The molecule has 0 aliphatic carbocycles. The number of hydrogen-bond donors (Lipinski definition) is 1. The lowest BCUT2D eigenvalue weighted by atomic mass is 10.1. The Morgan fingerprint density at radius 2 is 1.76 bits per heavy atom. The maximum Gasteiger partial charge on any atom is 0.181 e. The topological polar surface area (TPSA) is 80.9 Å².